The van der Waals surface area contributed by atoms with Gasteiger partial charge in [-0.2, -0.15) is 0 Å². The van der Waals surface area contributed by atoms with E-state index in [1.807, 2.05) is 55.5 Å². The summed E-state index contributed by atoms with van der Waals surface area (Å²) in [6.45, 7) is 2.29. The topological polar surface area (TPSA) is 62.2 Å². The smallest absolute Gasteiger partial charge is 0.550 e. The van der Waals surface area contributed by atoms with E-state index in [4.69, 9.17) is 4.74 Å². The van der Waals surface area contributed by atoms with Crippen molar-refractivity contribution in [2.45, 2.75) is 25.2 Å². The van der Waals surface area contributed by atoms with E-state index in [1.165, 1.54) is 0 Å². The Bertz CT molecular complexity index is 1510. The summed E-state index contributed by atoms with van der Waals surface area (Å²) in [5.74, 6) is -2.21. The van der Waals surface area contributed by atoms with Gasteiger partial charge in [0.05, 0.1) is 16.5 Å². The molecule has 1 aliphatic rings. The SMILES string of the molecule is CCC(CSC1c2ccccc2COc2ccc(/C=C/c3ccc4cc(F)c(F)cc4n3)cc21)C(=O)[O-].[Na+]. The van der Waals surface area contributed by atoms with Gasteiger partial charge in [-0.1, -0.05) is 49.4 Å². The predicted molar refractivity (Wildman–Crippen MR) is 141 cm³/mol. The minimum atomic E-state index is -1.03. The standard InChI is InChI=1S/C30H25F2NO3S.Na/c1-2-19(30(34)35)17-37-29-23-6-4-3-5-21(23)16-36-28-12-8-18(13-24(28)29)7-10-22-11-9-20-14-25(31)26(32)15-27(20)33-22;/h3-15,19,29H,2,16-17H2,1H3,(H,34,35);/q;+1/p-1/b10-7+;. The van der Waals surface area contributed by atoms with Crippen LogP contribution in [0.4, 0.5) is 8.78 Å². The van der Waals surface area contributed by atoms with Crippen molar-refractivity contribution in [3.8, 4) is 5.75 Å². The van der Waals surface area contributed by atoms with Crippen molar-refractivity contribution in [1.29, 1.82) is 0 Å². The Morgan fingerprint density at radius 1 is 1.08 bits per heavy atom. The molecule has 4 aromatic rings. The molecule has 0 fully saturated rings. The Balaban J connectivity index is 0.00000336. The molecule has 38 heavy (non-hydrogen) atoms. The number of fused-ring (bicyclic) bond motifs is 3. The largest absolute Gasteiger partial charge is 1.00 e. The molecule has 0 spiro atoms. The van der Waals surface area contributed by atoms with Gasteiger partial charge in [0.2, 0.25) is 0 Å². The predicted octanol–water partition coefficient (Wildman–Crippen LogP) is 3.18. The quantitative estimate of drug-likeness (QED) is 0.338. The minimum absolute atomic E-state index is 0. The van der Waals surface area contributed by atoms with Crippen LogP contribution in [0, 0.1) is 17.6 Å². The number of rotatable bonds is 7. The Morgan fingerprint density at radius 3 is 2.66 bits per heavy atom. The first kappa shape index (κ1) is 28.3. The molecular formula is C30H24F2NNaO3S. The summed E-state index contributed by atoms with van der Waals surface area (Å²) >= 11 is 1.58. The van der Waals surface area contributed by atoms with Gasteiger partial charge in [0.15, 0.2) is 11.6 Å². The van der Waals surface area contributed by atoms with E-state index >= 15 is 0 Å². The van der Waals surface area contributed by atoms with Crippen LogP contribution in [0.3, 0.4) is 0 Å². The second-order valence-corrected chi connectivity index (χ2v) is 10.1. The number of benzene rings is 3. The van der Waals surface area contributed by atoms with Gasteiger partial charge in [-0.05, 0) is 53.5 Å². The Kier molecular flexibility index (Phi) is 9.26. The van der Waals surface area contributed by atoms with Crippen molar-refractivity contribution in [2.24, 2.45) is 5.92 Å². The van der Waals surface area contributed by atoms with Gasteiger partial charge >= 0.3 is 29.6 Å². The zero-order valence-electron chi connectivity index (χ0n) is 21.1. The molecule has 1 aliphatic heterocycles. The molecule has 8 heteroatoms. The van der Waals surface area contributed by atoms with E-state index in [-0.39, 0.29) is 34.8 Å². The number of pyridine rings is 1. The van der Waals surface area contributed by atoms with Gasteiger partial charge in [-0.3, -0.25) is 0 Å². The summed E-state index contributed by atoms with van der Waals surface area (Å²) < 4.78 is 33.3. The number of hydrogen-bond donors (Lipinski definition) is 0. The van der Waals surface area contributed by atoms with E-state index in [1.54, 1.807) is 23.9 Å². The average Bonchev–Trinajstić information content (AvgIpc) is 3.05. The first-order valence-corrected chi connectivity index (χ1v) is 13.1. The van der Waals surface area contributed by atoms with Gasteiger partial charge in [0.1, 0.15) is 12.4 Å². The summed E-state index contributed by atoms with van der Waals surface area (Å²) in [6, 6.07) is 19.7. The van der Waals surface area contributed by atoms with E-state index < -0.39 is 23.5 Å². The summed E-state index contributed by atoms with van der Waals surface area (Å²) in [5, 5.41) is 12.0. The van der Waals surface area contributed by atoms with Gasteiger partial charge in [0.25, 0.3) is 0 Å². The molecule has 5 rings (SSSR count). The molecule has 0 bridgehead atoms. The number of halogens is 2. The summed E-state index contributed by atoms with van der Waals surface area (Å²) in [4.78, 5) is 16.0. The second kappa shape index (κ2) is 12.4. The van der Waals surface area contributed by atoms with Crippen LogP contribution in [0.15, 0.2) is 66.7 Å². The number of aliphatic carboxylic acids is 1. The fourth-order valence-corrected chi connectivity index (χ4v) is 5.97. The molecule has 188 valence electrons. The number of carboxylic acid groups (broad SMARTS) is 1. The Labute approximate surface area is 246 Å². The molecule has 0 amide bonds. The van der Waals surface area contributed by atoms with Gasteiger partial charge in [-0.25, -0.2) is 13.8 Å². The number of carbonyl (C=O) groups excluding carboxylic acids is 1. The van der Waals surface area contributed by atoms with Crippen LogP contribution < -0.4 is 39.4 Å². The van der Waals surface area contributed by atoms with Crippen molar-refractivity contribution in [2.75, 3.05) is 5.75 Å². The molecule has 2 heterocycles. The molecule has 2 atom stereocenters. The van der Waals surface area contributed by atoms with Crippen molar-refractivity contribution in [3.63, 3.8) is 0 Å². The zero-order valence-corrected chi connectivity index (χ0v) is 23.9. The minimum Gasteiger partial charge on any atom is -0.550 e. The van der Waals surface area contributed by atoms with Crippen molar-refractivity contribution >= 4 is 40.8 Å². The van der Waals surface area contributed by atoms with Gasteiger partial charge in [-0.15, -0.1) is 11.8 Å². The molecule has 0 N–H and O–H groups in total. The molecule has 2 unspecified atom stereocenters. The van der Waals surface area contributed by atoms with E-state index in [9.17, 15) is 18.7 Å². The van der Waals surface area contributed by atoms with Crippen LogP contribution in [0.5, 0.6) is 5.75 Å². The number of thioether (sulfide) groups is 1. The number of nitrogens with zero attached hydrogens (tertiary/aromatic N) is 1. The zero-order chi connectivity index (χ0) is 25.9. The molecular weight excluding hydrogens is 515 g/mol. The van der Waals surface area contributed by atoms with Gasteiger partial charge < -0.3 is 14.6 Å². The fraction of sp³-hybridized carbons (Fsp3) is 0.200. The van der Waals surface area contributed by atoms with Gasteiger partial charge in [0, 0.05) is 34.7 Å². The number of aromatic nitrogens is 1. The summed E-state index contributed by atoms with van der Waals surface area (Å²) in [6.07, 6.45) is 4.23. The Hall–Kier alpha value is -2.71. The van der Waals surface area contributed by atoms with Crippen LogP contribution in [0.25, 0.3) is 23.1 Å². The maximum Gasteiger partial charge on any atom is 1.00 e. The number of ether oxygens (including phenoxy) is 1. The number of hydrogen-bond acceptors (Lipinski definition) is 5. The first-order valence-electron chi connectivity index (χ1n) is 12.0. The fourth-order valence-electron chi connectivity index (χ4n) is 4.40. The van der Waals surface area contributed by atoms with E-state index in [0.29, 0.717) is 35.4 Å². The van der Waals surface area contributed by atoms with Crippen molar-refractivity contribution in [1.82, 2.24) is 4.98 Å². The molecule has 3 aromatic carbocycles. The van der Waals surface area contributed by atoms with Crippen LogP contribution >= 0.6 is 11.8 Å². The molecule has 0 radical (unpaired) electrons. The van der Waals surface area contributed by atoms with Crippen molar-refractivity contribution in [3.05, 3.63) is 106 Å². The third-order valence-electron chi connectivity index (χ3n) is 6.53. The van der Waals surface area contributed by atoms with E-state index in [0.717, 1.165) is 40.1 Å². The molecule has 0 aliphatic carbocycles. The first-order chi connectivity index (χ1) is 17.9. The summed E-state index contributed by atoms with van der Waals surface area (Å²) in [5.41, 5.74) is 5.04. The van der Waals surface area contributed by atoms with Crippen LogP contribution in [0.1, 0.15) is 46.5 Å². The summed E-state index contributed by atoms with van der Waals surface area (Å²) in [7, 11) is 0. The molecule has 4 nitrogen and oxygen atoms in total. The molecule has 1 aromatic heterocycles. The van der Waals surface area contributed by atoms with Crippen LogP contribution in [-0.2, 0) is 11.4 Å². The van der Waals surface area contributed by atoms with Crippen LogP contribution in [-0.4, -0.2) is 16.7 Å². The van der Waals surface area contributed by atoms with Crippen LogP contribution in [0.2, 0.25) is 0 Å². The second-order valence-electron chi connectivity index (χ2n) is 8.95. The Morgan fingerprint density at radius 2 is 1.87 bits per heavy atom. The average molecular weight is 540 g/mol. The van der Waals surface area contributed by atoms with Crippen molar-refractivity contribution < 1.29 is 53.0 Å². The molecule has 0 saturated carbocycles. The normalized spacial score (nSPS) is 15.2. The monoisotopic (exact) mass is 539 g/mol. The third kappa shape index (κ3) is 6.12. The third-order valence-corrected chi connectivity index (χ3v) is 7.96. The maximum absolute atomic E-state index is 13.7. The number of carboxylic acids is 1. The van der Waals surface area contributed by atoms with E-state index in [2.05, 4.69) is 11.1 Å². The number of carbonyl (C=O) groups is 1. The maximum atomic E-state index is 13.7. The molecule has 0 saturated heterocycles.